The van der Waals surface area contributed by atoms with Crippen LogP contribution in [0.15, 0.2) is 40.1 Å². The lowest BCUT2D eigenvalue weighted by molar-refractivity contribution is 0.505. The molecule has 19 heavy (non-hydrogen) atoms. The first-order valence-electron chi connectivity index (χ1n) is 6.02. The molecule has 0 aliphatic carbocycles. The Morgan fingerprint density at radius 2 is 1.89 bits per heavy atom. The Morgan fingerprint density at radius 3 is 2.53 bits per heavy atom. The minimum Gasteiger partial charge on any atom is -0.466 e. The first-order valence-corrected chi connectivity index (χ1v) is 6.90. The largest absolute Gasteiger partial charge is 0.466 e. The second-order valence-corrected chi connectivity index (χ2v) is 5.34. The number of nitrogens with zero attached hydrogens (tertiary/aromatic N) is 1. The smallest absolute Gasteiger partial charge is 0.124 e. The molecule has 4 heteroatoms. The van der Waals surface area contributed by atoms with E-state index in [2.05, 4.69) is 10.4 Å². The zero-order chi connectivity index (χ0) is 13.4. The molecule has 0 amide bonds. The van der Waals surface area contributed by atoms with Crippen LogP contribution in [-0.4, -0.2) is 4.98 Å². The van der Waals surface area contributed by atoms with Crippen molar-refractivity contribution in [1.29, 1.82) is 0 Å². The van der Waals surface area contributed by atoms with Crippen LogP contribution in [0.1, 0.15) is 11.5 Å². The highest BCUT2D eigenvalue weighted by atomic mass is 32.1. The van der Waals surface area contributed by atoms with Crippen molar-refractivity contribution < 1.29 is 4.42 Å². The van der Waals surface area contributed by atoms with E-state index in [-0.39, 0.29) is 0 Å². The molecule has 2 heterocycles. The van der Waals surface area contributed by atoms with Gasteiger partial charge in [-0.1, -0.05) is 0 Å². The van der Waals surface area contributed by atoms with Gasteiger partial charge < -0.3 is 10.2 Å². The van der Waals surface area contributed by atoms with Gasteiger partial charge in [-0.3, -0.25) is 0 Å². The average molecular weight is 270 g/mol. The van der Waals surface area contributed by atoms with Gasteiger partial charge in [0.1, 0.15) is 16.5 Å². The molecule has 1 aromatic carbocycles. The van der Waals surface area contributed by atoms with Gasteiger partial charge in [0.2, 0.25) is 0 Å². The van der Waals surface area contributed by atoms with Gasteiger partial charge in [0.05, 0.1) is 5.69 Å². The Labute approximate surface area is 115 Å². The maximum atomic E-state index is 5.69. The fourth-order valence-corrected chi connectivity index (χ4v) is 2.87. The monoisotopic (exact) mass is 270 g/mol. The zero-order valence-corrected chi connectivity index (χ0v) is 11.6. The SMILES string of the molecule is Cc1cc(-c2csc(-c3ccc(N)cc3)n2)c(C)o1. The number of hydrogen-bond acceptors (Lipinski definition) is 4. The summed E-state index contributed by atoms with van der Waals surface area (Å²) in [5.41, 5.74) is 9.58. The zero-order valence-electron chi connectivity index (χ0n) is 10.8. The Morgan fingerprint density at radius 1 is 1.16 bits per heavy atom. The van der Waals surface area contributed by atoms with E-state index in [1.165, 1.54) is 0 Å². The van der Waals surface area contributed by atoms with Crippen LogP contribution in [0, 0.1) is 13.8 Å². The molecule has 0 aliphatic rings. The summed E-state index contributed by atoms with van der Waals surface area (Å²) in [6, 6.07) is 9.79. The summed E-state index contributed by atoms with van der Waals surface area (Å²) in [5, 5.41) is 3.05. The molecule has 0 aliphatic heterocycles. The lowest BCUT2D eigenvalue weighted by Crippen LogP contribution is -1.84. The van der Waals surface area contributed by atoms with Crippen molar-refractivity contribution in [1.82, 2.24) is 4.98 Å². The van der Waals surface area contributed by atoms with Crippen LogP contribution in [0.25, 0.3) is 21.8 Å². The van der Waals surface area contributed by atoms with Crippen molar-refractivity contribution in [2.45, 2.75) is 13.8 Å². The fraction of sp³-hybridized carbons (Fsp3) is 0.133. The molecular formula is C15H14N2OS. The van der Waals surface area contributed by atoms with Crippen LogP contribution in [0.2, 0.25) is 0 Å². The maximum absolute atomic E-state index is 5.69. The van der Waals surface area contributed by atoms with Gasteiger partial charge in [0.15, 0.2) is 0 Å². The van der Waals surface area contributed by atoms with E-state index >= 15 is 0 Å². The summed E-state index contributed by atoms with van der Waals surface area (Å²) in [6.45, 7) is 3.91. The summed E-state index contributed by atoms with van der Waals surface area (Å²) in [6.07, 6.45) is 0. The number of furan rings is 1. The summed E-state index contributed by atoms with van der Waals surface area (Å²) >= 11 is 1.63. The van der Waals surface area contributed by atoms with Gasteiger partial charge in [-0.2, -0.15) is 0 Å². The number of benzene rings is 1. The first kappa shape index (κ1) is 12.0. The molecule has 3 nitrogen and oxygen atoms in total. The van der Waals surface area contributed by atoms with Crippen molar-refractivity contribution in [3.8, 4) is 21.8 Å². The number of thiazole rings is 1. The molecule has 0 spiro atoms. The van der Waals surface area contributed by atoms with E-state index < -0.39 is 0 Å². The highest BCUT2D eigenvalue weighted by molar-refractivity contribution is 7.13. The maximum Gasteiger partial charge on any atom is 0.124 e. The molecule has 0 radical (unpaired) electrons. The predicted octanol–water partition coefficient (Wildman–Crippen LogP) is 4.27. The van der Waals surface area contributed by atoms with Gasteiger partial charge >= 0.3 is 0 Å². The minimum absolute atomic E-state index is 0.766. The van der Waals surface area contributed by atoms with Gasteiger partial charge in [-0.15, -0.1) is 11.3 Å². The van der Waals surface area contributed by atoms with Crippen LogP contribution in [-0.2, 0) is 0 Å². The van der Waals surface area contributed by atoms with Crippen LogP contribution >= 0.6 is 11.3 Å². The lowest BCUT2D eigenvalue weighted by Gasteiger charge is -1.97. The van der Waals surface area contributed by atoms with Crippen LogP contribution in [0.3, 0.4) is 0 Å². The van der Waals surface area contributed by atoms with Crippen molar-refractivity contribution in [2.24, 2.45) is 0 Å². The number of aromatic nitrogens is 1. The molecule has 3 aromatic rings. The molecule has 0 saturated heterocycles. The summed E-state index contributed by atoms with van der Waals surface area (Å²) < 4.78 is 5.55. The topological polar surface area (TPSA) is 52.0 Å². The molecule has 2 aromatic heterocycles. The van der Waals surface area contributed by atoms with Gasteiger partial charge in [-0.25, -0.2) is 4.98 Å². The van der Waals surface area contributed by atoms with Crippen LogP contribution in [0.4, 0.5) is 5.69 Å². The molecule has 3 rings (SSSR count). The lowest BCUT2D eigenvalue weighted by atomic mass is 10.2. The van der Waals surface area contributed by atoms with E-state index in [0.717, 1.165) is 39.0 Å². The molecular weight excluding hydrogens is 256 g/mol. The van der Waals surface area contributed by atoms with Gasteiger partial charge in [-0.05, 0) is 44.2 Å². The standard InChI is InChI=1S/C15H14N2OS/c1-9-7-13(10(2)18-9)14-8-19-15(17-14)11-3-5-12(16)6-4-11/h3-8H,16H2,1-2H3. The van der Waals surface area contributed by atoms with Crippen molar-refractivity contribution in [3.63, 3.8) is 0 Å². The van der Waals surface area contributed by atoms with Crippen LogP contribution in [0.5, 0.6) is 0 Å². The third-order valence-corrected chi connectivity index (χ3v) is 3.87. The van der Waals surface area contributed by atoms with E-state index in [1.807, 2.05) is 44.2 Å². The third kappa shape index (κ3) is 2.27. The molecule has 2 N–H and O–H groups in total. The number of aryl methyl sites for hydroxylation is 2. The molecule has 0 fully saturated rings. The number of nitrogens with two attached hydrogens (primary N) is 1. The van der Waals surface area contributed by atoms with Crippen LogP contribution < -0.4 is 5.73 Å². The number of nitrogen functional groups attached to an aromatic ring is 1. The normalized spacial score (nSPS) is 10.8. The summed E-state index contributed by atoms with van der Waals surface area (Å²) in [7, 11) is 0. The highest BCUT2D eigenvalue weighted by Crippen LogP contribution is 2.32. The Balaban J connectivity index is 1.99. The highest BCUT2D eigenvalue weighted by Gasteiger charge is 2.11. The van der Waals surface area contributed by atoms with Crippen molar-refractivity contribution >= 4 is 17.0 Å². The molecule has 96 valence electrons. The first-order chi connectivity index (χ1) is 9.13. The summed E-state index contributed by atoms with van der Waals surface area (Å²) in [5.74, 6) is 1.82. The third-order valence-electron chi connectivity index (χ3n) is 2.98. The van der Waals surface area contributed by atoms with E-state index in [1.54, 1.807) is 11.3 Å². The quantitative estimate of drug-likeness (QED) is 0.707. The second kappa shape index (κ2) is 4.55. The fourth-order valence-electron chi connectivity index (χ4n) is 2.04. The Kier molecular flexibility index (Phi) is 2.87. The predicted molar refractivity (Wildman–Crippen MR) is 79.1 cm³/mol. The van der Waals surface area contributed by atoms with Gasteiger partial charge in [0, 0.05) is 22.2 Å². The van der Waals surface area contributed by atoms with Crippen molar-refractivity contribution in [3.05, 3.63) is 47.2 Å². The molecule has 0 saturated carbocycles. The van der Waals surface area contributed by atoms with E-state index in [0.29, 0.717) is 0 Å². The van der Waals surface area contributed by atoms with Gasteiger partial charge in [0.25, 0.3) is 0 Å². The molecule has 0 unspecified atom stereocenters. The molecule has 0 bridgehead atoms. The Bertz CT molecular complexity index is 710. The Hall–Kier alpha value is -2.07. The summed E-state index contributed by atoms with van der Waals surface area (Å²) in [4.78, 5) is 4.67. The number of rotatable bonds is 2. The molecule has 0 atom stereocenters. The average Bonchev–Trinajstić information content (AvgIpc) is 2.97. The van der Waals surface area contributed by atoms with E-state index in [4.69, 9.17) is 10.2 Å². The second-order valence-electron chi connectivity index (χ2n) is 4.49. The number of anilines is 1. The number of hydrogen-bond donors (Lipinski definition) is 1. The van der Waals surface area contributed by atoms with E-state index in [9.17, 15) is 0 Å². The van der Waals surface area contributed by atoms with Crippen molar-refractivity contribution in [2.75, 3.05) is 5.73 Å². The minimum atomic E-state index is 0.766.